The lowest BCUT2D eigenvalue weighted by Crippen LogP contribution is -2.53. The van der Waals surface area contributed by atoms with Crippen molar-refractivity contribution in [1.29, 1.82) is 0 Å². The van der Waals surface area contributed by atoms with E-state index in [9.17, 15) is 9.59 Å². The van der Waals surface area contributed by atoms with Crippen LogP contribution in [0.5, 0.6) is 5.75 Å². The second-order valence-corrected chi connectivity index (χ2v) is 7.02. The minimum absolute atomic E-state index is 0.0309. The number of carbonyl (C=O) groups excluding carboxylic acids is 2. The molecule has 1 unspecified atom stereocenters. The lowest BCUT2D eigenvalue weighted by atomic mass is 9.82. The van der Waals surface area contributed by atoms with Crippen LogP contribution < -0.4 is 15.4 Å². The predicted octanol–water partition coefficient (Wildman–Crippen LogP) is 1.93. The van der Waals surface area contributed by atoms with Crippen LogP contribution in [-0.2, 0) is 9.53 Å². The quantitative estimate of drug-likeness (QED) is 0.854. The molecule has 7 heteroatoms. The Morgan fingerprint density at radius 2 is 2.27 bits per heavy atom. The average Bonchev–Trinajstić information content (AvgIpc) is 2.45. The molecule has 0 bridgehead atoms. The van der Waals surface area contributed by atoms with Crippen LogP contribution in [0.3, 0.4) is 0 Å². The second kappa shape index (κ2) is 5.55. The highest BCUT2D eigenvalue weighted by Gasteiger charge is 2.40. The molecule has 3 rings (SSSR count). The Kier molecular flexibility index (Phi) is 3.86. The summed E-state index contributed by atoms with van der Waals surface area (Å²) < 4.78 is 11.4. The summed E-state index contributed by atoms with van der Waals surface area (Å²) >= 11 is 3.36. The molecule has 1 saturated heterocycles. The van der Waals surface area contributed by atoms with Gasteiger partial charge >= 0.3 is 0 Å². The summed E-state index contributed by atoms with van der Waals surface area (Å²) in [6, 6.07) is 3.30. The standard InChI is InChI=1S/C15H17BrN2O4/c1-15(2)7-22-12(15)5-17-14(20)8-3-11-10(4-9(8)16)18-13(19)6-21-11/h3-4,12H,5-7H2,1-2H3,(H,17,20)(H,18,19). The van der Waals surface area contributed by atoms with Gasteiger partial charge in [0, 0.05) is 16.4 Å². The monoisotopic (exact) mass is 368 g/mol. The van der Waals surface area contributed by atoms with Crippen molar-refractivity contribution >= 4 is 33.4 Å². The first-order valence-corrected chi connectivity index (χ1v) is 7.82. The molecule has 0 spiro atoms. The van der Waals surface area contributed by atoms with E-state index in [4.69, 9.17) is 9.47 Å². The molecule has 0 aliphatic carbocycles. The third-order valence-corrected chi connectivity index (χ3v) is 4.58. The third kappa shape index (κ3) is 2.83. The molecule has 0 radical (unpaired) electrons. The van der Waals surface area contributed by atoms with Gasteiger partial charge in [0.15, 0.2) is 6.61 Å². The molecule has 1 aromatic carbocycles. The van der Waals surface area contributed by atoms with Gasteiger partial charge in [0.1, 0.15) is 5.75 Å². The maximum absolute atomic E-state index is 12.3. The van der Waals surface area contributed by atoms with Crippen LogP contribution in [0.4, 0.5) is 5.69 Å². The lowest BCUT2D eigenvalue weighted by Gasteiger charge is -2.44. The molecule has 1 aromatic rings. The first kappa shape index (κ1) is 15.3. The summed E-state index contributed by atoms with van der Waals surface area (Å²) in [4.78, 5) is 23.6. The van der Waals surface area contributed by atoms with Crippen molar-refractivity contribution in [3.05, 3.63) is 22.2 Å². The summed E-state index contributed by atoms with van der Waals surface area (Å²) in [6.07, 6.45) is 0.0309. The molecule has 22 heavy (non-hydrogen) atoms. The van der Waals surface area contributed by atoms with Gasteiger partial charge in [-0.1, -0.05) is 13.8 Å². The molecule has 1 atom stereocenters. The highest BCUT2D eigenvalue weighted by atomic mass is 79.9. The van der Waals surface area contributed by atoms with Gasteiger partial charge in [-0.05, 0) is 28.1 Å². The van der Waals surface area contributed by atoms with Gasteiger partial charge in [-0.2, -0.15) is 0 Å². The summed E-state index contributed by atoms with van der Waals surface area (Å²) in [7, 11) is 0. The predicted molar refractivity (Wildman–Crippen MR) is 84.1 cm³/mol. The maximum Gasteiger partial charge on any atom is 0.262 e. The summed E-state index contributed by atoms with van der Waals surface area (Å²) in [5.74, 6) is 0.0793. The second-order valence-electron chi connectivity index (χ2n) is 6.16. The molecule has 6 nitrogen and oxygen atoms in total. The first-order valence-electron chi connectivity index (χ1n) is 7.03. The van der Waals surface area contributed by atoms with Crippen molar-refractivity contribution in [1.82, 2.24) is 5.32 Å². The number of hydrogen-bond donors (Lipinski definition) is 2. The van der Waals surface area contributed by atoms with Crippen molar-refractivity contribution in [3.8, 4) is 5.75 Å². The number of hydrogen-bond acceptors (Lipinski definition) is 4. The van der Waals surface area contributed by atoms with E-state index >= 15 is 0 Å². The van der Waals surface area contributed by atoms with Crippen LogP contribution in [0, 0.1) is 5.41 Å². The number of fused-ring (bicyclic) bond motifs is 1. The number of carbonyl (C=O) groups is 2. The first-order chi connectivity index (χ1) is 10.4. The highest BCUT2D eigenvalue weighted by Crippen LogP contribution is 2.35. The minimum atomic E-state index is -0.207. The zero-order chi connectivity index (χ0) is 15.9. The molecular formula is C15H17BrN2O4. The molecule has 0 saturated carbocycles. The molecule has 2 aliphatic rings. The van der Waals surface area contributed by atoms with E-state index in [2.05, 4.69) is 40.4 Å². The Labute approximate surface area is 136 Å². The largest absolute Gasteiger partial charge is 0.482 e. The van der Waals surface area contributed by atoms with Crippen molar-refractivity contribution < 1.29 is 19.1 Å². The molecule has 0 aromatic heterocycles. The zero-order valence-electron chi connectivity index (χ0n) is 12.4. The van der Waals surface area contributed by atoms with Gasteiger partial charge in [0.2, 0.25) is 0 Å². The Balaban J connectivity index is 1.71. The molecule has 2 amide bonds. The van der Waals surface area contributed by atoms with E-state index in [1.807, 2.05) is 0 Å². The lowest BCUT2D eigenvalue weighted by molar-refractivity contribution is -0.163. The van der Waals surface area contributed by atoms with Gasteiger partial charge in [0.05, 0.1) is 24.0 Å². The number of rotatable bonds is 3. The van der Waals surface area contributed by atoms with E-state index < -0.39 is 0 Å². The third-order valence-electron chi connectivity index (χ3n) is 3.92. The Hall–Kier alpha value is -1.60. The van der Waals surface area contributed by atoms with Crippen molar-refractivity contribution in [3.63, 3.8) is 0 Å². The van der Waals surface area contributed by atoms with Gasteiger partial charge in [0.25, 0.3) is 11.8 Å². The van der Waals surface area contributed by atoms with Gasteiger partial charge in [-0.15, -0.1) is 0 Å². The number of nitrogens with one attached hydrogen (secondary N) is 2. The molecule has 2 aliphatic heterocycles. The van der Waals surface area contributed by atoms with Crippen LogP contribution in [0.25, 0.3) is 0 Å². The fourth-order valence-electron chi connectivity index (χ4n) is 2.42. The minimum Gasteiger partial charge on any atom is -0.482 e. The van der Waals surface area contributed by atoms with Gasteiger partial charge in [-0.25, -0.2) is 0 Å². The molecule has 2 heterocycles. The SMILES string of the molecule is CC1(C)COC1CNC(=O)c1cc2c(cc1Br)NC(=O)CO2. The number of benzene rings is 1. The van der Waals surface area contributed by atoms with Gasteiger partial charge < -0.3 is 20.1 Å². The van der Waals surface area contributed by atoms with Crippen LogP contribution >= 0.6 is 15.9 Å². The normalized spacial score (nSPS) is 22.0. The molecule has 118 valence electrons. The summed E-state index contributed by atoms with van der Waals surface area (Å²) in [5, 5.41) is 5.58. The van der Waals surface area contributed by atoms with Crippen LogP contribution in [0.2, 0.25) is 0 Å². The maximum atomic E-state index is 12.3. The zero-order valence-corrected chi connectivity index (χ0v) is 14.0. The van der Waals surface area contributed by atoms with E-state index in [1.165, 1.54) is 0 Å². The Bertz CT molecular complexity index is 645. The Morgan fingerprint density at radius 1 is 1.50 bits per heavy atom. The summed E-state index contributed by atoms with van der Waals surface area (Å²) in [6.45, 7) is 5.35. The van der Waals surface area contributed by atoms with Crippen molar-refractivity contribution in [2.45, 2.75) is 20.0 Å². The van der Waals surface area contributed by atoms with Gasteiger partial charge in [-0.3, -0.25) is 9.59 Å². The number of amides is 2. The van der Waals surface area contributed by atoms with Crippen molar-refractivity contribution in [2.75, 3.05) is 25.1 Å². The highest BCUT2D eigenvalue weighted by molar-refractivity contribution is 9.10. The number of anilines is 1. The fraction of sp³-hybridized carbons (Fsp3) is 0.467. The van der Waals surface area contributed by atoms with Crippen LogP contribution in [-0.4, -0.2) is 37.7 Å². The topological polar surface area (TPSA) is 76.7 Å². The molecule has 1 fully saturated rings. The Morgan fingerprint density at radius 3 is 2.91 bits per heavy atom. The average molecular weight is 369 g/mol. The van der Waals surface area contributed by atoms with Crippen LogP contribution in [0.1, 0.15) is 24.2 Å². The number of ether oxygens (including phenoxy) is 2. The van der Waals surface area contributed by atoms with Crippen LogP contribution in [0.15, 0.2) is 16.6 Å². The summed E-state index contributed by atoms with van der Waals surface area (Å²) in [5.41, 5.74) is 1.11. The van der Waals surface area contributed by atoms with E-state index in [0.29, 0.717) is 34.6 Å². The fourth-order valence-corrected chi connectivity index (χ4v) is 2.95. The molecule has 2 N–H and O–H groups in total. The van der Waals surface area contributed by atoms with E-state index in [0.717, 1.165) is 0 Å². The molecular weight excluding hydrogens is 352 g/mol. The van der Waals surface area contributed by atoms with E-state index in [-0.39, 0.29) is 29.9 Å². The van der Waals surface area contributed by atoms with Crippen molar-refractivity contribution in [2.24, 2.45) is 5.41 Å². The number of halogens is 1. The van der Waals surface area contributed by atoms with E-state index in [1.54, 1.807) is 12.1 Å². The smallest absolute Gasteiger partial charge is 0.262 e.